The molecule has 5 heteroatoms. The molecule has 3 rings (SSSR count). The Balaban J connectivity index is 1.51. The Kier molecular flexibility index (Phi) is 7.27. The maximum atomic E-state index is 12.7. The van der Waals surface area contributed by atoms with Gasteiger partial charge in [-0.2, -0.15) is 0 Å². The molecule has 2 saturated heterocycles. The van der Waals surface area contributed by atoms with Crippen LogP contribution in [0.15, 0.2) is 24.3 Å². The Morgan fingerprint density at radius 1 is 0.963 bits per heavy atom. The average Bonchev–Trinajstić information content (AvgIpc) is 2.97. The zero-order valence-corrected chi connectivity index (χ0v) is 16.5. The number of hydrogen-bond acceptors (Lipinski definition) is 4. The lowest BCUT2D eigenvalue weighted by Crippen LogP contribution is -2.40. The normalized spacial score (nSPS) is 19.5. The van der Waals surface area contributed by atoms with Gasteiger partial charge in [0.1, 0.15) is 0 Å². The van der Waals surface area contributed by atoms with Crippen LogP contribution in [0.5, 0.6) is 0 Å². The summed E-state index contributed by atoms with van der Waals surface area (Å²) in [6.45, 7) is 6.82. The number of likely N-dealkylation sites (tertiary alicyclic amines) is 2. The van der Waals surface area contributed by atoms with Gasteiger partial charge in [0.15, 0.2) is 0 Å². The van der Waals surface area contributed by atoms with Gasteiger partial charge >= 0.3 is 5.97 Å². The third-order valence-corrected chi connectivity index (χ3v) is 5.71. The number of hydrogen-bond donors (Lipinski definition) is 0. The van der Waals surface area contributed by atoms with E-state index in [9.17, 15) is 9.59 Å². The van der Waals surface area contributed by atoms with Crippen molar-refractivity contribution in [2.45, 2.75) is 52.0 Å². The molecule has 0 saturated carbocycles. The standard InChI is InChI=1S/C22H32N2O3/c1-2-27-22(26)20-11-15-24(16-12-20)21(25)19-9-7-18(8-10-19)17-23-13-5-3-4-6-14-23/h7-10,20H,2-6,11-17H2,1H3. The highest BCUT2D eigenvalue weighted by molar-refractivity contribution is 5.94. The van der Waals surface area contributed by atoms with Crippen molar-refractivity contribution in [2.24, 2.45) is 5.92 Å². The lowest BCUT2D eigenvalue weighted by Gasteiger charge is -2.31. The predicted molar refractivity (Wildman–Crippen MR) is 105 cm³/mol. The molecule has 148 valence electrons. The van der Waals surface area contributed by atoms with E-state index in [2.05, 4.69) is 17.0 Å². The topological polar surface area (TPSA) is 49.9 Å². The van der Waals surface area contributed by atoms with Crippen molar-refractivity contribution in [2.75, 3.05) is 32.8 Å². The molecule has 5 nitrogen and oxygen atoms in total. The zero-order valence-electron chi connectivity index (χ0n) is 16.5. The Morgan fingerprint density at radius 3 is 2.19 bits per heavy atom. The van der Waals surface area contributed by atoms with Crippen LogP contribution in [0, 0.1) is 5.92 Å². The van der Waals surface area contributed by atoms with Gasteiger partial charge < -0.3 is 9.64 Å². The molecule has 2 heterocycles. The van der Waals surface area contributed by atoms with Gasteiger partial charge in [-0.15, -0.1) is 0 Å². The third kappa shape index (κ3) is 5.55. The fourth-order valence-electron chi connectivity index (χ4n) is 4.07. The van der Waals surface area contributed by atoms with Crippen molar-refractivity contribution < 1.29 is 14.3 Å². The first-order valence-electron chi connectivity index (χ1n) is 10.4. The molecule has 0 aliphatic carbocycles. The molecule has 2 aliphatic heterocycles. The number of esters is 1. The largest absolute Gasteiger partial charge is 0.466 e. The molecular formula is C22H32N2O3. The molecule has 27 heavy (non-hydrogen) atoms. The number of carbonyl (C=O) groups is 2. The lowest BCUT2D eigenvalue weighted by atomic mass is 9.96. The van der Waals surface area contributed by atoms with Gasteiger partial charge in [-0.3, -0.25) is 14.5 Å². The number of ether oxygens (including phenoxy) is 1. The van der Waals surface area contributed by atoms with Crippen molar-refractivity contribution in [1.82, 2.24) is 9.80 Å². The summed E-state index contributed by atoms with van der Waals surface area (Å²) in [6, 6.07) is 8.08. The molecule has 0 atom stereocenters. The first-order valence-corrected chi connectivity index (χ1v) is 10.4. The highest BCUT2D eigenvalue weighted by Gasteiger charge is 2.28. The molecule has 0 radical (unpaired) electrons. The van der Waals surface area contributed by atoms with Crippen LogP contribution < -0.4 is 0 Å². The number of nitrogens with zero attached hydrogens (tertiary/aromatic N) is 2. The quantitative estimate of drug-likeness (QED) is 0.743. The Bertz CT molecular complexity index is 613. The van der Waals surface area contributed by atoms with Crippen molar-refractivity contribution in [3.05, 3.63) is 35.4 Å². The predicted octanol–water partition coefficient (Wildman–Crippen LogP) is 3.48. The van der Waals surface area contributed by atoms with Gasteiger partial charge in [-0.1, -0.05) is 25.0 Å². The summed E-state index contributed by atoms with van der Waals surface area (Å²) < 4.78 is 5.10. The minimum absolute atomic E-state index is 0.0648. The van der Waals surface area contributed by atoms with E-state index in [0.717, 1.165) is 12.1 Å². The summed E-state index contributed by atoms with van der Waals surface area (Å²) in [4.78, 5) is 29.0. The van der Waals surface area contributed by atoms with Crippen LogP contribution in [0.1, 0.15) is 61.4 Å². The minimum atomic E-state index is -0.123. The maximum Gasteiger partial charge on any atom is 0.309 e. The van der Waals surface area contributed by atoms with E-state index >= 15 is 0 Å². The van der Waals surface area contributed by atoms with Gasteiger partial charge in [0.25, 0.3) is 5.91 Å². The van der Waals surface area contributed by atoms with E-state index in [1.165, 1.54) is 44.3 Å². The third-order valence-electron chi connectivity index (χ3n) is 5.71. The molecule has 0 spiro atoms. The van der Waals surface area contributed by atoms with Gasteiger partial charge in [0, 0.05) is 25.2 Å². The van der Waals surface area contributed by atoms with Gasteiger partial charge in [0.2, 0.25) is 0 Å². The summed E-state index contributed by atoms with van der Waals surface area (Å²) in [5, 5.41) is 0. The van der Waals surface area contributed by atoms with Crippen LogP contribution >= 0.6 is 0 Å². The number of benzene rings is 1. The first-order chi connectivity index (χ1) is 13.2. The van der Waals surface area contributed by atoms with Crippen LogP contribution in [0.2, 0.25) is 0 Å². The summed E-state index contributed by atoms with van der Waals surface area (Å²) >= 11 is 0. The SMILES string of the molecule is CCOC(=O)C1CCN(C(=O)c2ccc(CN3CCCCCC3)cc2)CC1. The molecule has 1 aromatic carbocycles. The van der Waals surface area contributed by atoms with Gasteiger partial charge in [-0.05, 0) is 63.4 Å². The number of rotatable bonds is 5. The Labute approximate surface area is 162 Å². The molecule has 2 fully saturated rings. The highest BCUT2D eigenvalue weighted by atomic mass is 16.5. The maximum absolute atomic E-state index is 12.7. The van der Waals surface area contributed by atoms with Crippen molar-refractivity contribution in [3.63, 3.8) is 0 Å². The molecular weight excluding hydrogens is 340 g/mol. The summed E-state index contributed by atoms with van der Waals surface area (Å²) in [7, 11) is 0. The van der Waals surface area contributed by atoms with Crippen LogP contribution in [0.25, 0.3) is 0 Å². The Morgan fingerprint density at radius 2 is 1.59 bits per heavy atom. The average molecular weight is 373 g/mol. The second kappa shape index (κ2) is 9.88. The fraction of sp³-hybridized carbons (Fsp3) is 0.636. The molecule has 1 amide bonds. The van der Waals surface area contributed by atoms with E-state index < -0.39 is 0 Å². The first kappa shape index (κ1) is 19.9. The van der Waals surface area contributed by atoms with E-state index in [4.69, 9.17) is 4.74 Å². The summed E-state index contributed by atoms with van der Waals surface area (Å²) in [6.07, 6.45) is 6.65. The van der Waals surface area contributed by atoms with Crippen molar-refractivity contribution in [1.29, 1.82) is 0 Å². The minimum Gasteiger partial charge on any atom is -0.466 e. The zero-order chi connectivity index (χ0) is 19.1. The van der Waals surface area contributed by atoms with Crippen LogP contribution in [-0.2, 0) is 16.1 Å². The van der Waals surface area contributed by atoms with E-state index in [1.54, 1.807) is 0 Å². The van der Waals surface area contributed by atoms with Crippen molar-refractivity contribution >= 4 is 11.9 Å². The highest BCUT2D eigenvalue weighted by Crippen LogP contribution is 2.21. The molecule has 0 bridgehead atoms. The number of piperidine rings is 1. The second-order valence-electron chi connectivity index (χ2n) is 7.71. The molecule has 2 aliphatic rings. The van der Waals surface area contributed by atoms with Crippen LogP contribution in [0.4, 0.5) is 0 Å². The van der Waals surface area contributed by atoms with E-state index in [-0.39, 0.29) is 17.8 Å². The van der Waals surface area contributed by atoms with Crippen molar-refractivity contribution in [3.8, 4) is 0 Å². The smallest absolute Gasteiger partial charge is 0.309 e. The molecule has 0 unspecified atom stereocenters. The molecule has 0 aromatic heterocycles. The number of carbonyl (C=O) groups excluding carboxylic acids is 2. The molecule has 0 N–H and O–H groups in total. The van der Waals surface area contributed by atoms with Crippen LogP contribution in [0.3, 0.4) is 0 Å². The fourth-order valence-corrected chi connectivity index (χ4v) is 4.07. The molecule has 1 aromatic rings. The van der Waals surface area contributed by atoms with Crippen LogP contribution in [-0.4, -0.2) is 54.5 Å². The summed E-state index contributed by atoms with van der Waals surface area (Å²) in [5.74, 6) is -0.119. The van der Waals surface area contributed by atoms with Gasteiger partial charge in [0.05, 0.1) is 12.5 Å². The van der Waals surface area contributed by atoms with E-state index in [1.807, 2.05) is 24.0 Å². The lowest BCUT2D eigenvalue weighted by molar-refractivity contribution is -0.149. The Hall–Kier alpha value is -1.88. The number of amides is 1. The van der Waals surface area contributed by atoms with E-state index in [0.29, 0.717) is 32.5 Å². The monoisotopic (exact) mass is 372 g/mol. The van der Waals surface area contributed by atoms with Gasteiger partial charge in [-0.25, -0.2) is 0 Å². The second-order valence-corrected chi connectivity index (χ2v) is 7.71. The summed E-state index contributed by atoms with van der Waals surface area (Å²) in [5.41, 5.74) is 2.01.